The molecule has 1 amide bonds. The molecule has 7 heteroatoms. The van der Waals surface area contributed by atoms with E-state index < -0.39 is 5.97 Å². The van der Waals surface area contributed by atoms with E-state index in [-0.39, 0.29) is 18.5 Å². The molecule has 0 aromatic carbocycles. The van der Waals surface area contributed by atoms with Crippen LogP contribution in [0.3, 0.4) is 0 Å². The van der Waals surface area contributed by atoms with E-state index in [2.05, 4.69) is 0 Å². The number of carboxylic acid groups (broad SMARTS) is 1. The van der Waals surface area contributed by atoms with Gasteiger partial charge in [-0.05, 0) is 39.2 Å². The van der Waals surface area contributed by atoms with Crippen LogP contribution < -0.4 is 0 Å². The van der Waals surface area contributed by atoms with E-state index in [9.17, 15) is 9.59 Å². The van der Waals surface area contributed by atoms with Gasteiger partial charge in [0.1, 0.15) is 4.88 Å². The molecule has 1 aromatic heterocycles. The fraction of sp³-hybridized carbons (Fsp3) is 0.737. The van der Waals surface area contributed by atoms with Crippen LogP contribution in [0, 0.1) is 6.92 Å². The summed E-state index contributed by atoms with van der Waals surface area (Å²) in [5.74, 6) is -0.144. The smallest absolute Gasteiger partial charge is 0.317 e. The Kier molecular flexibility index (Phi) is 6.29. The molecule has 0 radical (unpaired) electrons. The van der Waals surface area contributed by atoms with E-state index in [0.717, 1.165) is 35.0 Å². The SMILES string of the molecule is CCN(CC(=O)O)C1CCN(C(=O)c2sc(C3CCCC3)nc2C)CC1. The molecule has 1 aromatic rings. The summed E-state index contributed by atoms with van der Waals surface area (Å²) in [6, 6.07) is 0.247. The van der Waals surface area contributed by atoms with Crippen LogP contribution in [0.15, 0.2) is 0 Å². The highest BCUT2D eigenvalue weighted by atomic mass is 32.1. The van der Waals surface area contributed by atoms with Crippen molar-refractivity contribution < 1.29 is 14.7 Å². The number of likely N-dealkylation sites (tertiary alicyclic amines) is 1. The van der Waals surface area contributed by atoms with Gasteiger partial charge in [-0.25, -0.2) is 4.98 Å². The number of likely N-dealkylation sites (N-methyl/N-ethyl adjacent to an activating group) is 1. The molecule has 0 bridgehead atoms. The highest BCUT2D eigenvalue weighted by Crippen LogP contribution is 2.37. The zero-order valence-corrected chi connectivity index (χ0v) is 16.6. The van der Waals surface area contributed by atoms with Crippen LogP contribution in [0.5, 0.6) is 0 Å². The van der Waals surface area contributed by atoms with Gasteiger partial charge in [0.25, 0.3) is 5.91 Å². The number of carbonyl (C=O) groups is 2. The largest absolute Gasteiger partial charge is 0.480 e. The van der Waals surface area contributed by atoms with Crippen molar-refractivity contribution in [3.8, 4) is 0 Å². The lowest BCUT2D eigenvalue weighted by Gasteiger charge is -2.37. The molecule has 3 rings (SSSR count). The van der Waals surface area contributed by atoms with Gasteiger partial charge in [0, 0.05) is 25.0 Å². The molecule has 1 aliphatic carbocycles. The summed E-state index contributed by atoms with van der Waals surface area (Å²) in [4.78, 5) is 33.4. The third-order valence-corrected chi connectivity index (χ3v) is 7.03. The highest BCUT2D eigenvalue weighted by molar-refractivity contribution is 7.13. The van der Waals surface area contributed by atoms with E-state index in [1.807, 2.05) is 23.6 Å². The maximum Gasteiger partial charge on any atom is 0.317 e. The van der Waals surface area contributed by atoms with Crippen LogP contribution in [0.4, 0.5) is 0 Å². The number of amides is 1. The van der Waals surface area contributed by atoms with Gasteiger partial charge in [0.15, 0.2) is 0 Å². The van der Waals surface area contributed by atoms with Crippen molar-refractivity contribution in [2.75, 3.05) is 26.2 Å². The number of piperidine rings is 1. The Labute approximate surface area is 159 Å². The number of hydrogen-bond acceptors (Lipinski definition) is 5. The first kappa shape index (κ1) is 19.3. The zero-order valence-electron chi connectivity index (χ0n) is 15.7. The standard InChI is InChI=1S/C19H29N3O3S/c1-3-21(12-16(23)24)15-8-10-22(11-9-15)19(25)17-13(2)20-18(26-17)14-6-4-5-7-14/h14-15H,3-12H2,1-2H3,(H,23,24). The summed E-state index contributed by atoms with van der Waals surface area (Å²) in [7, 11) is 0. The molecular weight excluding hydrogens is 350 g/mol. The molecule has 1 saturated carbocycles. The van der Waals surface area contributed by atoms with E-state index in [0.29, 0.717) is 19.0 Å². The number of rotatable bonds is 6. The average molecular weight is 380 g/mol. The molecule has 1 saturated heterocycles. The van der Waals surface area contributed by atoms with E-state index in [4.69, 9.17) is 10.1 Å². The molecule has 2 heterocycles. The maximum absolute atomic E-state index is 13.0. The Hall–Kier alpha value is -1.47. The molecule has 26 heavy (non-hydrogen) atoms. The van der Waals surface area contributed by atoms with Gasteiger partial charge in [-0.2, -0.15) is 0 Å². The lowest BCUT2D eigenvalue weighted by molar-refractivity contribution is -0.139. The summed E-state index contributed by atoms with van der Waals surface area (Å²) in [6.07, 6.45) is 6.60. The third-order valence-electron chi connectivity index (χ3n) is 5.72. The Balaban J connectivity index is 1.61. The second-order valence-corrected chi connectivity index (χ2v) is 8.46. The van der Waals surface area contributed by atoms with Crippen molar-refractivity contribution in [1.29, 1.82) is 0 Å². The highest BCUT2D eigenvalue weighted by Gasteiger charge is 2.30. The van der Waals surface area contributed by atoms with Crippen molar-refractivity contribution in [2.45, 2.75) is 64.3 Å². The van der Waals surface area contributed by atoms with Crippen LogP contribution in [-0.4, -0.2) is 64.0 Å². The average Bonchev–Trinajstić information content (AvgIpc) is 3.28. The van der Waals surface area contributed by atoms with Crippen molar-refractivity contribution >= 4 is 23.2 Å². The van der Waals surface area contributed by atoms with Gasteiger partial charge >= 0.3 is 5.97 Å². The molecular formula is C19H29N3O3S. The Morgan fingerprint density at radius 3 is 2.46 bits per heavy atom. The van der Waals surface area contributed by atoms with Crippen LogP contribution in [0.1, 0.15) is 71.7 Å². The number of hydrogen-bond donors (Lipinski definition) is 1. The van der Waals surface area contributed by atoms with Crippen molar-refractivity contribution in [3.05, 3.63) is 15.6 Å². The summed E-state index contributed by atoms with van der Waals surface area (Å²) < 4.78 is 0. The predicted octanol–water partition coefficient (Wildman–Crippen LogP) is 3.12. The van der Waals surface area contributed by atoms with Gasteiger partial charge in [0.2, 0.25) is 0 Å². The topological polar surface area (TPSA) is 73.7 Å². The molecule has 1 N–H and O–H groups in total. The first-order valence-corrected chi connectivity index (χ1v) is 10.5. The van der Waals surface area contributed by atoms with Gasteiger partial charge in [-0.3, -0.25) is 14.5 Å². The second-order valence-electron chi connectivity index (χ2n) is 7.43. The fourth-order valence-electron chi connectivity index (χ4n) is 4.21. The molecule has 2 aliphatic rings. The summed E-state index contributed by atoms with van der Waals surface area (Å²) in [6.45, 7) is 6.12. The zero-order chi connectivity index (χ0) is 18.7. The van der Waals surface area contributed by atoms with Gasteiger partial charge in [0.05, 0.1) is 17.2 Å². The van der Waals surface area contributed by atoms with Gasteiger partial charge in [-0.1, -0.05) is 19.8 Å². The molecule has 144 valence electrons. The van der Waals surface area contributed by atoms with Crippen LogP contribution in [0.2, 0.25) is 0 Å². The van der Waals surface area contributed by atoms with Crippen LogP contribution >= 0.6 is 11.3 Å². The number of aromatic nitrogens is 1. The minimum atomic E-state index is -0.787. The summed E-state index contributed by atoms with van der Waals surface area (Å²) in [5, 5.41) is 10.2. The number of aliphatic carboxylic acids is 1. The van der Waals surface area contributed by atoms with E-state index in [1.54, 1.807) is 11.3 Å². The first-order chi connectivity index (χ1) is 12.5. The first-order valence-electron chi connectivity index (χ1n) is 9.72. The van der Waals surface area contributed by atoms with Crippen LogP contribution in [0.25, 0.3) is 0 Å². The molecule has 1 aliphatic heterocycles. The molecule has 2 fully saturated rings. The third kappa shape index (κ3) is 4.26. The molecule has 6 nitrogen and oxygen atoms in total. The molecule has 0 unspecified atom stereocenters. The minimum absolute atomic E-state index is 0.0772. The van der Waals surface area contributed by atoms with Crippen molar-refractivity contribution in [2.24, 2.45) is 0 Å². The van der Waals surface area contributed by atoms with Crippen LogP contribution in [-0.2, 0) is 4.79 Å². The summed E-state index contributed by atoms with van der Waals surface area (Å²) >= 11 is 1.59. The Bertz CT molecular complexity index is 646. The number of nitrogens with zero attached hydrogens (tertiary/aromatic N) is 3. The molecule has 0 spiro atoms. The number of carboxylic acids is 1. The number of carbonyl (C=O) groups excluding carboxylic acids is 1. The number of aryl methyl sites for hydroxylation is 1. The maximum atomic E-state index is 13.0. The quantitative estimate of drug-likeness (QED) is 0.822. The van der Waals surface area contributed by atoms with Crippen molar-refractivity contribution in [1.82, 2.24) is 14.8 Å². The van der Waals surface area contributed by atoms with Crippen molar-refractivity contribution in [3.63, 3.8) is 0 Å². The Morgan fingerprint density at radius 1 is 1.23 bits per heavy atom. The normalized spacial score (nSPS) is 19.4. The lowest BCUT2D eigenvalue weighted by atomic mass is 10.0. The second kappa shape index (κ2) is 8.48. The van der Waals surface area contributed by atoms with Gasteiger partial charge < -0.3 is 10.0 Å². The predicted molar refractivity (Wildman–Crippen MR) is 102 cm³/mol. The van der Waals surface area contributed by atoms with E-state index >= 15 is 0 Å². The molecule has 0 atom stereocenters. The van der Waals surface area contributed by atoms with Gasteiger partial charge in [-0.15, -0.1) is 11.3 Å². The monoisotopic (exact) mass is 379 g/mol. The van der Waals surface area contributed by atoms with E-state index in [1.165, 1.54) is 25.7 Å². The lowest BCUT2D eigenvalue weighted by Crippen LogP contribution is -2.48. The fourth-order valence-corrected chi connectivity index (χ4v) is 5.42. The summed E-state index contributed by atoms with van der Waals surface area (Å²) in [5.41, 5.74) is 0.866. The minimum Gasteiger partial charge on any atom is -0.480 e. The Morgan fingerprint density at radius 2 is 1.88 bits per heavy atom. The number of thiazole rings is 1.